The zero-order valence-electron chi connectivity index (χ0n) is 20.9. The molecule has 0 saturated carbocycles. The Kier molecular flexibility index (Phi) is 11.6. The van der Waals surface area contributed by atoms with Gasteiger partial charge < -0.3 is 29.6 Å². The highest BCUT2D eigenvalue weighted by Crippen LogP contribution is 2.31. The van der Waals surface area contributed by atoms with Crippen LogP contribution in [0.1, 0.15) is 22.7 Å². The van der Waals surface area contributed by atoms with Crippen LogP contribution in [0.2, 0.25) is 10.0 Å². The molecule has 2 amide bonds. The number of nitrogens with one attached hydrogen (secondary N) is 3. The van der Waals surface area contributed by atoms with Gasteiger partial charge in [-0.05, 0) is 24.3 Å². The quantitative estimate of drug-likeness (QED) is 0.196. The minimum absolute atomic E-state index is 0.0220. The summed E-state index contributed by atoms with van der Waals surface area (Å²) in [6.07, 6.45) is 3.67. The summed E-state index contributed by atoms with van der Waals surface area (Å²) in [5, 5.41) is 18.4. The van der Waals surface area contributed by atoms with Crippen LogP contribution in [0.4, 0.5) is 5.69 Å². The maximum absolute atomic E-state index is 13.1. The van der Waals surface area contributed by atoms with Gasteiger partial charge in [-0.3, -0.25) is 19.9 Å². The fraction of sp³-hybridized carbons (Fsp3) is 0.320. The molecule has 2 aromatic heterocycles. The van der Waals surface area contributed by atoms with E-state index in [1.807, 2.05) is 0 Å². The first-order chi connectivity index (χ1) is 18.8. The van der Waals surface area contributed by atoms with Crippen LogP contribution in [0.25, 0.3) is 11.3 Å². The van der Waals surface area contributed by atoms with Crippen LogP contribution in [-0.4, -0.2) is 72.4 Å². The number of methoxy groups -OCH3 is 1. The minimum Gasteiger partial charge on any atom is -0.478 e. The van der Waals surface area contributed by atoms with Gasteiger partial charge in [-0.1, -0.05) is 23.2 Å². The van der Waals surface area contributed by atoms with Crippen molar-refractivity contribution in [1.82, 2.24) is 20.6 Å². The fourth-order valence-corrected chi connectivity index (χ4v) is 3.71. The number of carbonyl (C=O) groups excluding carboxylic acids is 2. The van der Waals surface area contributed by atoms with Crippen LogP contribution < -0.4 is 16.0 Å². The number of oxazole rings is 1. The largest absolute Gasteiger partial charge is 0.478 e. The number of nitrogens with zero attached hydrogens (tertiary/aromatic N) is 2. The number of pyridine rings is 1. The van der Waals surface area contributed by atoms with Gasteiger partial charge in [-0.15, -0.1) is 0 Å². The Bertz CT molecular complexity index is 1290. The summed E-state index contributed by atoms with van der Waals surface area (Å²) in [7, 11) is 1.56. The highest BCUT2D eigenvalue weighted by Gasteiger charge is 2.24. The Balaban J connectivity index is 1.68. The van der Waals surface area contributed by atoms with Crippen molar-refractivity contribution in [3.05, 3.63) is 64.4 Å². The number of amides is 2. The average Bonchev–Trinajstić information content (AvgIpc) is 3.39. The molecule has 0 spiro atoms. The molecule has 208 valence electrons. The molecule has 1 atom stereocenters. The molecule has 0 bridgehead atoms. The van der Waals surface area contributed by atoms with E-state index in [0.29, 0.717) is 34.6 Å². The predicted octanol–water partition coefficient (Wildman–Crippen LogP) is 3.01. The monoisotopic (exact) mass is 579 g/mol. The van der Waals surface area contributed by atoms with E-state index in [4.69, 9.17) is 37.1 Å². The number of carboxylic acid groups (broad SMARTS) is 1. The van der Waals surface area contributed by atoms with Crippen LogP contribution in [0.3, 0.4) is 0 Å². The van der Waals surface area contributed by atoms with E-state index in [9.17, 15) is 19.5 Å². The summed E-state index contributed by atoms with van der Waals surface area (Å²) >= 11 is 12.3. The van der Waals surface area contributed by atoms with Gasteiger partial charge in [-0.25, -0.2) is 9.78 Å². The molecule has 0 aliphatic heterocycles. The number of benzene rings is 1. The van der Waals surface area contributed by atoms with E-state index in [1.165, 1.54) is 18.5 Å². The highest BCUT2D eigenvalue weighted by molar-refractivity contribution is 6.35. The van der Waals surface area contributed by atoms with Gasteiger partial charge in [-0.2, -0.15) is 0 Å². The second-order valence-corrected chi connectivity index (χ2v) is 8.89. The molecule has 0 saturated heterocycles. The molecule has 4 N–H and O–H groups in total. The van der Waals surface area contributed by atoms with Gasteiger partial charge in [0.1, 0.15) is 5.56 Å². The lowest BCUT2D eigenvalue weighted by Gasteiger charge is -2.18. The van der Waals surface area contributed by atoms with Crippen molar-refractivity contribution in [2.45, 2.75) is 19.0 Å². The first-order valence-electron chi connectivity index (χ1n) is 11.7. The Labute approximate surface area is 234 Å². The topological polar surface area (TPSA) is 165 Å². The molecule has 14 heteroatoms. The maximum atomic E-state index is 13.1. The molecular weight excluding hydrogens is 553 g/mol. The molecule has 1 aromatic carbocycles. The third-order valence-corrected chi connectivity index (χ3v) is 5.83. The molecule has 0 aliphatic carbocycles. The second-order valence-electron chi connectivity index (χ2n) is 8.05. The van der Waals surface area contributed by atoms with Crippen molar-refractivity contribution < 1.29 is 33.4 Å². The Morgan fingerprint density at radius 3 is 2.72 bits per heavy atom. The molecule has 3 rings (SSSR count). The Hall–Kier alpha value is -3.55. The molecular formula is C25H27Cl2N5O7. The van der Waals surface area contributed by atoms with E-state index < -0.39 is 23.8 Å². The van der Waals surface area contributed by atoms with E-state index in [2.05, 4.69) is 25.9 Å². The minimum atomic E-state index is -1.26. The van der Waals surface area contributed by atoms with Crippen LogP contribution in [0.5, 0.6) is 0 Å². The molecule has 0 radical (unpaired) electrons. The molecule has 0 fully saturated rings. The summed E-state index contributed by atoms with van der Waals surface area (Å²) in [5.74, 6) is -1.73. The summed E-state index contributed by atoms with van der Waals surface area (Å²) in [5.41, 5.74) is 0.386. The van der Waals surface area contributed by atoms with Gasteiger partial charge in [0.2, 0.25) is 17.7 Å². The van der Waals surface area contributed by atoms with E-state index in [1.54, 1.807) is 25.3 Å². The lowest BCUT2D eigenvalue weighted by molar-refractivity contribution is -0.126. The normalized spacial score (nSPS) is 11.7. The number of aromatic carboxylic acids is 1. The molecule has 2 heterocycles. The number of ether oxygens (including phenoxy) is 2. The van der Waals surface area contributed by atoms with Crippen molar-refractivity contribution >= 4 is 46.7 Å². The Morgan fingerprint density at radius 1 is 1.13 bits per heavy atom. The van der Waals surface area contributed by atoms with E-state index in [-0.39, 0.29) is 43.3 Å². The average molecular weight is 580 g/mol. The predicted molar refractivity (Wildman–Crippen MR) is 143 cm³/mol. The highest BCUT2D eigenvalue weighted by atomic mass is 35.5. The fourth-order valence-electron chi connectivity index (χ4n) is 3.33. The number of aromatic nitrogens is 2. The summed E-state index contributed by atoms with van der Waals surface area (Å²) in [4.78, 5) is 45.2. The number of rotatable bonds is 15. The maximum Gasteiger partial charge on any atom is 0.339 e. The number of anilines is 1. The molecule has 1 unspecified atom stereocenters. The van der Waals surface area contributed by atoms with Crippen molar-refractivity contribution in [2.75, 3.05) is 38.8 Å². The van der Waals surface area contributed by atoms with Crippen molar-refractivity contribution in [3.8, 4) is 11.3 Å². The van der Waals surface area contributed by atoms with Gasteiger partial charge in [0.05, 0.1) is 55.7 Å². The summed E-state index contributed by atoms with van der Waals surface area (Å²) in [6.45, 7) is 1.29. The molecule has 12 nitrogen and oxygen atoms in total. The van der Waals surface area contributed by atoms with Gasteiger partial charge in [0, 0.05) is 36.6 Å². The summed E-state index contributed by atoms with van der Waals surface area (Å²) in [6, 6.07) is 5.19. The van der Waals surface area contributed by atoms with Gasteiger partial charge in [0.25, 0.3) is 0 Å². The van der Waals surface area contributed by atoms with Crippen molar-refractivity contribution in [1.29, 1.82) is 0 Å². The number of hydrogen-bond donors (Lipinski definition) is 4. The standard InChI is InChI=1S/C25H27Cl2N5O7/c1-37-8-9-38-7-6-29-22(33)11-20(24(34)32-19-4-5-28-12-17(19)25(35)36)30-14-23-31-13-21(39-23)16-10-15(26)2-3-18(16)27/h2-5,10,12-13,20,30H,6-9,11,14H2,1H3,(H,29,33)(H,35,36)(H,28,32,34). The third kappa shape index (κ3) is 9.30. The number of carbonyl (C=O) groups is 3. The van der Waals surface area contributed by atoms with Crippen molar-refractivity contribution in [3.63, 3.8) is 0 Å². The molecule has 3 aromatic rings. The van der Waals surface area contributed by atoms with Crippen LogP contribution in [0.15, 0.2) is 47.3 Å². The lowest BCUT2D eigenvalue weighted by atomic mass is 10.1. The van der Waals surface area contributed by atoms with E-state index in [0.717, 1.165) is 6.20 Å². The first-order valence-corrected chi connectivity index (χ1v) is 12.5. The zero-order valence-corrected chi connectivity index (χ0v) is 22.4. The third-order valence-electron chi connectivity index (χ3n) is 5.26. The van der Waals surface area contributed by atoms with Crippen LogP contribution in [-0.2, 0) is 25.6 Å². The molecule has 0 aliphatic rings. The number of carboxylic acids is 1. The number of hydrogen-bond acceptors (Lipinski definition) is 9. The van der Waals surface area contributed by atoms with Crippen molar-refractivity contribution in [2.24, 2.45) is 0 Å². The van der Waals surface area contributed by atoms with Crippen LogP contribution in [0, 0.1) is 0 Å². The number of halogens is 2. The first kappa shape index (κ1) is 30.0. The smallest absolute Gasteiger partial charge is 0.339 e. The van der Waals surface area contributed by atoms with Gasteiger partial charge in [0.15, 0.2) is 5.76 Å². The van der Waals surface area contributed by atoms with E-state index >= 15 is 0 Å². The van der Waals surface area contributed by atoms with Crippen LogP contribution >= 0.6 is 23.2 Å². The SMILES string of the molecule is COCCOCCNC(=O)CC(NCc1ncc(-c2cc(Cl)ccc2Cl)o1)C(=O)Nc1ccncc1C(=O)O. The van der Waals surface area contributed by atoms with Gasteiger partial charge >= 0.3 is 5.97 Å². The second kappa shape index (κ2) is 15.1. The Morgan fingerprint density at radius 2 is 1.95 bits per heavy atom. The lowest BCUT2D eigenvalue weighted by Crippen LogP contribution is -2.44. The zero-order chi connectivity index (χ0) is 28.2. The summed E-state index contributed by atoms with van der Waals surface area (Å²) < 4.78 is 16.0. The molecule has 39 heavy (non-hydrogen) atoms.